The van der Waals surface area contributed by atoms with Crippen LogP contribution < -0.4 is 16.0 Å². The number of hydrogen-bond donors (Lipinski definition) is 2. The van der Waals surface area contributed by atoms with Gasteiger partial charge in [0.25, 0.3) is 0 Å². The fourth-order valence-electron chi connectivity index (χ4n) is 1.52. The lowest BCUT2D eigenvalue weighted by molar-refractivity contribution is -0.386. The molecule has 0 spiro atoms. The zero-order valence-corrected chi connectivity index (χ0v) is 10.3. The summed E-state index contributed by atoms with van der Waals surface area (Å²) in [6.07, 6.45) is 0. The van der Waals surface area contributed by atoms with Crippen molar-refractivity contribution in [2.45, 2.75) is 6.92 Å². The van der Waals surface area contributed by atoms with Gasteiger partial charge in [-0.15, -0.1) is 0 Å². The number of rotatable bonds is 4. The van der Waals surface area contributed by atoms with Gasteiger partial charge < -0.3 is 4.74 Å². The van der Waals surface area contributed by atoms with Crippen molar-refractivity contribution in [2.24, 2.45) is 5.84 Å². The lowest BCUT2D eigenvalue weighted by atomic mass is 10.3. The van der Waals surface area contributed by atoms with Gasteiger partial charge in [-0.2, -0.15) is 4.98 Å². The smallest absolute Gasteiger partial charge is 0.352 e. The van der Waals surface area contributed by atoms with E-state index in [4.69, 9.17) is 10.6 Å². The molecule has 1 aromatic carbocycles. The molecule has 104 valence electrons. The Hall–Kier alpha value is -2.81. The number of nitrogens with two attached hydrogens (primary N) is 1. The van der Waals surface area contributed by atoms with E-state index in [1.165, 1.54) is 25.1 Å². The lowest BCUT2D eigenvalue weighted by Crippen LogP contribution is -2.13. The van der Waals surface area contributed by atoms with Crippen LogP contribution in [0.2, 0.25) is 0 Å². The van der Waals surface area contributed by atoms with Crippen LogP contribution in [0, 0.1) is 22.9 Å². The van der Waals surface area contributed by atoms with Gasteiger partial charge in [-0.05, 0) is 19.1 Å². The largest absolute Gasteiger partial charge is 0.430 e. The molecular formula is C11H10FN5O3. The fraction of sp³-hybridized carbons (Fsp3) is 0.0909. The Balaban J connectivity index is 2.52. The van der Waals surface area contributed by atoms with Gasteiger partial charge in [0.05, 0.1) is 4.92 Å². The van der Waals surface area contributed by atoms with Crippen LogP contribution in [0.1, 0.15) is 5.69 Å². The Morgan fingerprint density at radius 3 is 2.70 bits per heavy atom. The van der Waals surface area contributed by atoms with Crippen LogP contribution in [0.5, 0.6) is 11.6 Å². The molecule has 1 aromatic heterocycles. The number of nitrogen functional groups attached to an aromatic ring is 1. The van der Waals surface area contributed by atoms with Crippen molar-refractivity contribution >= 4 is 11.6 Å². The van der Waals surface area contributed by atoms with Crippen LogP contribution in [0.4, 0.5) is 16.0 Å². The van der Waals surface area contributed by atoms with Gasteiger partial charge in [-0.1, -0.05) is 12.1 Å². The van der Waals surface area contributed by atoms with Crippen LogP contribution in [-0.4, -0.2) is 14.9 Å². The normalized spacial score (nSPS) is 10.2. The maximum atomic E-state index is 13.5. The number of nitrogens with zero attached hydrogens (tertiary/aromatic N) is 3. The highest BCUT2D eigenvalue weighted by Crippen LogP contribution is 2.33. The molecule has 3 N–H and O–H groups in total. The lowest BCUT2D eigenvalue weighted by Gasteiger charge is -2.08. The maximum absolute atomic E-state index is 13.5. The summed E-state index contributed by atoms with van der Waals surface area (Å²) in [4.78, 5) is 17.8. The van der Waals surface area contributed by atoms with E-state index in [1.807, 2.05) is 0 Å². The van der Waals surface area contributed by atoms with Gasteiger partial charge in [-0.25, -0.2) is 15.2 Å². The quantitative estimate of drug-likeness (QED) is 0.498. The minimum Gasteiger partial charge on any atom is -0.430 e. The standard InChI is InChI=1S/C11H10FN5O3/c1-6-9(17(18)19)10(15-11(14-6)16-13)20-8-5-3-2-4-7(8)12/h2-5H,13H2,1H3,(H,14,15,16). The molecule has 0 atom stereocenters. The molecule has 0 amide bonds. The Morgan fingerprint density at radius 1 is 1.40 bits per heavy atom. The molecular weight excluding hydrogens is 269 g/mol. The number of ether oxygens (including phenoxy) is 1. The van der Waals surface area contributed by atoms with Crippen LogP contribution in [0.15, 0.2) is 24.3 Å². The first-order valence-corrected chi connectivity index (χ1v) is 5.45. The summed E-state index contributed by atoms with van der Waals surface area (Å²) >= 11 is 0. The number of halogens is 1. The highest BCUT2D eigenvalue weighted by atomic mass is 19.1. The van der Waals surface area contributed by atoms with Gasteiger partial charge in [0, 0.05) is 0 Å². The van der Waals surface area contributed by atoms with E-state index in [0.29, 0.717) is 0 Å². The molecule has 0 saturated carbocycles. The summed E-state index contributed by atoms with van der Waals surface area (Å²) in [7, 11) is 0. The Labute approximate surface area is 112 Å². The van der Waals surface area contributed by atoms with Crippen LogP contribution >= 0.6 is 0 Å². The van der Waals surface area contributed by atoms with E-state index in [1.54, 1.807) is 0 Å². The zero-order chi connectivity index (χ0) is 14.7. The van der Waals surface area contributed by atoms with Gasteiger partial charge in [0.2, 0.25) is 5.95 Å². The zero-order valence-electron chi connectivity index (χ0n) is 10.3. The fourth-order valence-corrected chi connectivity index (χ4v) is 1.52. The molecule has 2 rings (SSSR count). The van der Waals surface area contributed by atoms with Crippen molar-refractivity contribution in [3.8, 4) is 11.6 Å². The number of nitro groups is 1. The molecule has 20 heavy (non-hydrogen) atoms. The van der Waals surface area contributed by atoms with Gasteiger partial charge in [0.1, 0.15) is 5.69 Å². The Morgan fingerprint density at radius 2 is 2.10 bits per heavy atom. The number of nitrogens with one attached hydrogen (secondary N) is 1. The third-order valence-corrected chi connectivity index (χ3v) is 2.38. The molecule has 0 aliphatic carbocycles. The summed E-state index contributed by atoms with van der Waals surface area (Å²) in [5, 5.41) is 11.0. The van der Waals surface area contributed by atoms with Crippen LogP contribution in [-0.2, 0) is 0 Å². The molecule has 0 unspecified atom stereocenters. The molecule has 2 aromatic rings. The number of hydrazine groups is 1. The van der Waals surface area contributed by atoms with Crippen molar-refractivity contribution in [3.05, 3.63) is 45.9 Å². The summed E-state index contributed by atoms with van der Waals surface area (Å²) in [5.74, 6) is 3.85. The Kier molecular flexibility index (Phi) is 3.71. The molecule has 0 saturated heterocycles. The third kappa shape index (κ3) is 2.62. The average Bonchev–Trinajstić information content (AvgIpc) is 2.40. The summed E-state index contributed by atoms with van der Waals surface area (Å²) < 4.78 is 18.7. The number of aromatic nitrogens is 2. The second-order valence-corrected chi connectivity index (χ2v) is 3.72. The van der Waals surface area contributed by atoms with E-state index in [9.17, 15) is 14.5 Å². The summed E-state index contributed by atoms with van der Waals surface area (Å²) in [6, 6.07) is 5.48. The first-order chi connectivity index (χ1) is 9.52. The number of anilines is 1. The molecule has 0 radical (unpaired) electrons. The summed E-state index contributed by atoms with van der Waals surface area (Å²) in [6.45, 7) is 1.40. The SMILES string of the molecule is Cc1nc(NN)nc(Oc2ccccc2F)c1[N+](=O)[O-]. The second kappa shape index (κ2) is 5.45. The van der Waals surface area contributed by atoms with E-state index >= 15 is 0 Å². The third-order valence-electron chi connectivity index (χ3n) is 2.38. The maximum Gasteiger partial charge on any atom is 0.352 e. The average molecular weight is 279 g/mol. The van der Waals surface area contributed by atoms with Gasteiger partial charge in [0.15, 0.2) is 11.6 Å². The van der Waals surface area contributed by atoms with Crippen LogP contribution in [0.25, 0.3) is 0 Å². The van der Waals surface area contributed by atoms with Crippen molar-refractivity contribution in [1.82, 2.24) is 9.97 Å². The predicted molar refractivity (Wildman–Crippen MR) is 67.7 cm³/mol. The molecule has 0 aliphatic rings. The number of hydrogen-bond acceptors (Lipinski definition) is 7. The van der Waals surface area contributed by atoms with E-state index in [0.717, 1.165) is 6.07 Å². The van der Waals surface area contributed by atoms with Gasteiger partial charge >= 0.3 is 11.6 Å². The van der Waals surface area contributed by atoms with E-state index in [2.05, 4.69) is 15.4 Å². The van der Waals surface area contributed by atoms with Crippen molar-refractivity contribution in [1.29, 1.82) is 0 Å². The first-order valence-electron chi connectivity index (χ1n) is 5.45. The molecule has 0 bridgehead atoms. The highest BCUT2D eigenvalue weighted by molar-refractivity contribution is 5.50. The van der Waals surface area contributed by atoms with Crippen LogP contribution in [0.3, 0.4) is 0 Å². The number of aryl methyl sites for hydroxylation is 1. The van der Waals surface area contributed by atoms with E-state index < -0.39 is 16.4 Å². The molecule has 0 aliphatic heterocycles. The molecule has 0 fully saturated rings. The molecule has 8 nitrogen and oxygen atoms in total. The predicted octanol–water partition coefficient (Wildman–Crippen LogP) is 1.91. The van der Waals surface area contributed by atoms with E-state index in [-0.39, 0.29) is 23.3 Å². The summed E-state index contributed by atoms with van der Waals surface area (Å²) in [5.41, 5.74) is 1.75. The number of benzene rings is 1. The molecule has 9 heteroatoms. The minimum absolute atomic E-state index is 0.0456. The van der Waals surface area contributed by atoms with Crippen molar-refractivity contribution in [2.75, 3.05) is 5.43 Å². The topological polar surface area (TPSA) is 116 Å². The van der Waals surface area contributed by atoms with Crippen molar-refractivity contribution in [3.63, 3.8) is 0 Å². The second-order valence-electron chi connectivity index (χ2n) is 3.72. The van der Waals surface area contributed by atoms with Crippen molar-refractivity contribution < 1.29 is 14.1 Å². The number of para-hydroxylation sites is 1. The minimum atomic E-state index is -0.703. The van der Waals surface area contributed by atoms with Gasteiger partial charge in [-0.3, -0.25) is 15.5 Å². The Bertz CT molecular complexity index is 665. The monoisotopic (exact) mass is 279 g/mol. The first kappa shape index (κ1) is 13.6. The highest BCUT2D eigenvalue weighted by Gasteiger charge is 2.24. The molecule has 1 heterocycles.